The fourth-order valence-corrected chi connectivity index (χ4v) is 2.71. The Morgan fingerprint density at radius 1 is 1.46 bits per heavy atom. The molecule has 0 aromatic carbocycles. The molecule has 10 heteroatoms. The molecule has 0 bridgehead atoms. The SMILES string of the molecule is CC(S)CC(=O)N(CCCC(F)(F)F)c1cn(-c2cccnc2)nc1Cl. The predicted octanol–water partition coefficient (Wildman–Crippen LogP) is 4.30. The molecule has 2 aromatic rings. The van der Waals surface area contributed by atoms with Gasteiger partial charge in [-0.25, -0.2) is 4.68 Å². The summed E-state index contributed by atoms with van der Waals surface area (Å²) in [5.74, 6) is -0.359. The molecule has 0 saturated carbocycles. The summed E-state index contributed by atoms with van der Waals surface area (Å²) < 4.78 is 38.8. The lowest BCUT2D eigenvalue weighted by Crippen LogP contribution is -2.33. The van der Waals surface area contributed by atoms with E-state index >= 15 is 0 Å². The Morgan fingerprint density at radius 3 is 2.77 bits per heavy atom. The third-order valence-corrected chi connectivity index (χ3v) is 3.92. The van der Waals surface area contributed by atoms with Gasteiger partial charge in [0.05, 0.1) is 18.1 Å². The van der Waals surface area contributed by atoms with Crippen molar-refractivity contribution in [1.82, 2.24) is 14.8 Å². The van der Waals surface area contributed by atoms with Crippen LogP contribution in [0.4, 0.5) is 18.9 Å². The molecule has 0 aliphatic rings. The third-order valence-electron chi connectivity index (χ3n) is 3.47. The highest BCUT2D eigenvalue weighted by molar-refractivity contribution is 7.80. The molecule has 2 aromatic heterocycles. The van der Waals surface area contributed by atoms with E-state index < -0.39 is 12.6 Å². The molecule has 2 heterocycles. The lowest BCUT2D eigenvalue weighted by Gasteiger charge is -2.22. The van der Waals surface area contributed by atoms with Crippen LogP contribution in [0.5, 0.6) is 0 Å². The minimum atomic E-state index is -4.28. The molecule has 1 atom stereocenters. The highest BCUT2D eigenvalue weighted by Gasteiger charge is 2.28. The molecule has 5 nitrogen and oxygen atoms in total. The lowest BCUT2D eigenvalue weighted by atomic mass is 10.2. The van der Waals surface area contributed by atoms with E-state index in [2.05, 4.69) is 22.7 Å². The van der Waals surface area contributed by atoms with Crippen molar-refractivity contribution in [2.24, 2.45) is 0 Å². The minimum absolute atomic E-state index is 0.0287. The van der Waals surface area contributed by atoms with Gasteiger partial charge in [0.15, 0.2) is 5.15 Å². The van der Waals surface area contributed by atoms with Gasteiger partial charge in [-0.05, 0) is 18.6 Å². The summed E-state index contributed by atoms with van der Waals surface area (Å²) in [6, 6.07) is 3.45. The highest BCUT2D eigenvalue weighted by atomic mass is 35.5. The van der Waals surface area contributed by atoms with Crippen LogP contribution in [0.2, 0.25) is 5.15 Å². The fourth-order valence-electron chi connectivity index (χ4n) is 2.33. The zero-order valence-electron chi connectivity index (χ0n) is 13.9. The smallest absolute Gasteiger partial charge is 0.308 e. The van der Waals surface area contributed by atoms with E-state index in [0.717, 1.165) is 0 Å². The molecule has 0 spiro atoms. The van der Waals surface area contributed by atoms with Crippen molar-refractivity contribution in [1.29, 1.82) is 0 Å². The molecular weight excluding hydrogens is 389 g/mol. The summed E-state index contributed by atoms with van der Waals surface area (Å²) in [7, 11) is 0. The van der Waals surface area contributed by atoms with Crippen LogP contribution in [-0.4, -0.2) is 38.6 Å². The number of anilines is 1. The maximum Gasteiger partial charge on any atom is 0.389 e. The number of rotatable bonds is 7. The molecule has 0 N–H and O–H groups in total. The molecule has 2 rings (SSSR count). The number of carbonyl (C=O) groups is 1. The van der Waals surface area contributed by atoms with E-state index in [4.69, 9.17) is 11.6 Å². The molecule has 0 saturated heterocycles. The molecular formula is C16H18ClF3N4OS. The quantitative estimate of drug-likeness (QED) is 0.697. The Hall–Kier alpha value is -1.74. The van der Waals surface area contributed by atoms with Gasteiger partial charge in [-0.1, -0.05) is 18.5 Å². The van der Waals surface area contributed by atoms with Crippen LogP contribution in [0.3, 0.4) is 0 Å². The first-order valence-corrected chi connectivity index (χ1v) is 8.77. The third kappa shape index (κ3) is 5.91. The standard InChI is InChI=1S/C16H18ClF3N4OS/c1-11(26)8-14(25)23(7-3-5-16(18,19)20)13-10-24(22-15(13)17)12-4-2-6-21-9-12/h2,4,6,9-11,26H,3,5,7-8H2,1H3. The second-order valence-corrected chi connectivity index (χ2v) is 7.02. The summed E-state index contributed by atoms with van der Waals surface area (Å²) in [5.41, 5.74) is 0.877. The first-order chi connectivity index (χ1) is 12.2. The minimum Gasteiger partial charge on any atom is -0.308 e. The zero-order chi connectivity index (χ0) is 19.3. The summed E-state index contributed by atoms with van der Waals surface area (Å²) in [6.07, 6.45) is -0.770. The van der Waals surface area contributed by atoms with Crippen molar-refractivity contribution in [3.05, 3.63) is 35.9 Å². The first-order valence-electron chi connectivity index (χ1n) is 7.88. The van der Waals surface area contributed by atoms with Crippen molar-refractivity contribution < 1.29 is 18.0 Å². The van der Waals surface area contributed by atoms with Crippen molar-refractivity contribution in [2.75, 3.05) is 11.4 Å². The van der Waals surface area contributed by atoms with Crippen molar-refractivity contribution >= 4 is 35.8 Å². The molecule has 1 amide bonds. The van der Waals surface area contributed by atoms with Gasteiger partial charge in [-0.2, -0.15) is 30.9 Å². The van der Waals surface area contributed by atoms with Gasteiger partial charge in [0.25, 0.3) is 0 Å². The van der Waals surface area contributed by atoms with Crippen LogP contribution >= 0.6 is 24.2 Å². The Kier molecular flexibility index (Phi) is 6.94. The number of thiol groups is 1. The van der Waals surface area contributed by atoms with Crippen LogP contribution in [0, 0.1) is 0 Å². The Morgan fingerprint density at radius 2 is 2.19 bits per heavy atom. The number of nitrogens with zero attached hydrogens (tertiary/aromatic N) is 4. The van der Waals surface area contributed by atoms with E-state index in [9.17, 15) is 18.0 Å². The van der Waals surface area contributed by atoms with Crippen LogP contribution in [0.25, 0.3) is 5.69 Å². The zero-order valence-corrected chi connectivity index (χ0v) is 15.6. The Balaban J connectivity index is 2.26. The van der Waals surface area contributed by atoms with Gasteiger partial charge in [0.1, 0.15) is 5.69 Å². The van der Waals surface area contributed by atoms with Gasteiger partial charge in [-0.3, -0.25) is 9.78 Å². The van der Waals surface area contributed by atoms with E-state index in [1.807, 2.05) is 0 Å². The van der Waals surface area contributed by atoms with Crippen molar-refractivity contribution in [3.8, 4) is 5.69 Å². The van der Waals surface area contributed by atoms with E-state index in [-0.39, 0.29) is 41.4 Å². The molecule has 0 aliphatic carbocycles. The number of carbonyl (C=O) groups excluding carboxylic acids is 1. The van der Waals surface area contributed by atoms with Crippen LogP contribution in [-0.2, 0) is 4.79 Å². The maximum atomic E-state index is 12.5. The number of alkyl halides is 3. The van der Waals surface area contributed by atoms with E-state index in [0.29, 0.717) is 5.69 Å². The van der Waals surface area contributed by atoms with Gasteiger partial charge in [0, 0.05) is 30.8 Å². The topological polar surface area (TPSA) is 51.0 Å². The molecule has 0 aliphatic heterocycles. The van der Waals surface area contributed by atoms with Gasteiger partial charge in [0.2, 0.25) is 5.91 Å². The number of aromatic nitrogens is 3. The van der Waals surface area contributed by atoms with Crippen LogP contribution in [0.15, 0.2) is 30.7 Å². The average molecular weight is 407 g/mol. The Bertz CT molecular complexity index is 737. The number of hydrogen-bond acceptors (Lipinski definition) is 4. The normalized spacial score (nSPS) is 12.8. The number of hydrogen-bond donors (Lipinski definition) is 1. The number of amides is 1. The summed E-state index contributed by atoms with van der Waals surface area (Å²) >= 11 is 10.3. The number of halogens is 4. The van der Waals surface area contributed by atoms with E-state index in [1.54, 1.807) is 31.5 Å². The molecule has 1 unspecified atom stereocenters. The fraction of sp³-hybridized carbons (Fsp3) is 0.438. The monoisotopic (exact) mass is 406 g/mol. The largest absolute Gasteiger partial charge is 0.389 e. The van der Waals surface area contributed by atoms with Crippen LogP contribution < -0.4 is 4.90 Å². The summed E-state index contributed by atoms with van der Waals surface area (Å²) in [5, 5.41) is 3.92. The first kappa shape index (κ1) is 20.6. The molecule has 26 heavy (non-hydrogen) atoms. The lowest BCUT2D eigenvalue weighted by molar-refractivity contribution is -0.135. The molecule has 0 fully saturated rings. The second kappa shape index (κ2) is 8.77. The predicted molar refractivity (Wildman–Crippen MR) is 97.1 cm³/mol. The molecule has 142 valence electrons. The van der Waals surface area contributed by atoms with Gasteiger partial charge < -0.3 is 4.90 Å². The van der Waals surface area contributed by atoms with Gasteiger partial charge >= 0.3 is 6.18 Å². The van der Waals surface area contributed by atoms with Crippen molar-refractivity contribution in [3.63, 3.8) is 0 Å². The average Bonchev–Trinajstić information content (AvgIpc) is 2.92. The van der Waals surface area contributed by atoms with Crippen molar-refractivity contribution in [2.45, 2.75) is 37.6 Å². The second-order valence-electron chi connectivity index (χ2n) is 5.78. The van der Waals surface area contributed by atoms with Gasteiger partial charge in [-0.15, -0.1) is 0 Å². The van der Waals surface area contributed by atoms with Crippen LogP contribution in [0.1, 0.15) is 26.2 Å². The highest BCUT2D eigenvalue weighted by Crippen LogP contribution is 2.29. The number of pyridine rings is 1. The summed E-state index contributed by atoms with van der Waals surface area (Å²) in [6.45, 7) is 1.62. The summed E-state index contributed by atoms with van der Waals surface area (Å²) in [4.78, 5) is 17.7. The Labute approximate surface area is 159 Å². The maximum absolute atomic E-state index is 12.5. The van der Waals surface area contributed by atoms with E-state index in [1.165, 1.54) is 15.8 Å². The molecule has 0 radical (unpaired) electrons.